The molecule has 6 rings (SSSR count). The maximum Gasteiger partial charge on any atom is 0.128 e. The summed E-state index contributed by atoms with van der Waals surface area (Å²) in [5, 5.41) is 18.3. The van der Waals surface area contributed by atoms with Crippen molar-refractivity contribution < 1.29 is 4.74 Å². The van der Waals surface area contributed by atoms with Gasteiger partial charge in [0.25, 0.3) is 0 Å². The molecule has 33 heavy (non-hydrogen) atoms. The molecular formula is C24H24N8O. The molecule has 0 unspecified atom stereocenters. The van der Waals surface area contributed by atoms with Gasteiger partial charge in [-0.15, -0.1) is 0 Å². The third kappa shape index (κ3) is 3.53. The second-order valence-electron chi connectivity index (χ2n) is 8.63. The molecule has 4 aromatic rings. The number of rotatable bonds is 4. The summed E-state index contributed by atoms with van der Waals surface area (Å²) in [6, 6.07) is 9.11. The van der Waals surface area contributed by atoms with Gasteiger partial charge in [0, 0.05) is 74.1 Å². The van der Waals surface area contributed by atoms with Crippen LogP contribution in [-0.4, -0.2) is 74.7 Å². The number of hydrogen-bond acceptors (Lipinski definition) is 7. The second kappa shape index (κ2) is 7.99. The van der Waals surface area contributed by atoms with Crippen molar-refractivity contribution in [3.05, 3.63) is 54.7 Å². The summed E-state index contributed by atoms with van der Waals surface area (Å²) in [4.78, 5) is 9.64. The number of hydrogen-bond donors (Lipinski definition) is 0. The van der Waals surface area contributed by atoms with Crippen LogP contribution in [0.2, 0.25) is 0 Å². The fourth-order valence-corrected chi connectivity index (χ4v) is 4.63. The minimum absolute atomic E-state index is 0.544. The molecule has 0 aromatic carbocycles. The quantitative estimate of drug-likeness (QED) is 0.481. The smallest absolute Gasteiger partial charge is 0.128 e. The van der Waals surface area contributed by atoms with Crippen molar-refractivity contribution >= 4 is 11.3 Å². The summed E-state index contributed by atoms with van der Waals surface area (Å²) in [5.74, 6) is 0.983. The molecule has 6 heterocycles. The first kappa shape index (κ1) is 19.9. The van der Waals surface area contributed by atoms with Crippen molar-refractivity contribution in [2.45, 2.75) is 6.04 Å². The molecule has 9 nitrogen and oxygen atoms in total. The van der Waals surface area contributed by atoms with Gasteiger partial charge in [-0.3, -0.25) is 9.58 Å². The summed E-state index contributed by atoms with van der Waals surface area (Å²) < 4.78 is 8.88. The summed E-state index contributed by atoms with van der Waals surface area (Å²) >= 11 is 0. The highest BCUT2D eigenvalue weighted by atomic mass is 16.5. The molecule has 0 bridgehead atoms. The first-order valence-corrected chi connectivity index (χ1v) is 11.1. The van der Waals surface area contributed by atoms with E-state index in [1.165, 1.54) is 0 Å². The molecule has 2 saturated heterocycles. The number of nitrogens with zero attached hydrogens (tertiary/aromatic N) is 8. The number of aryl methyl sites for hydroxylation is 1. The largest absolute Gasteiger partial charge is 0.378 e. The SMILES string of the molecule is Cn1cc(-c2cc(-c3ccc(N4CCN(C5COC5)CC4)nc3)c3c(C#N)cnn3c2)cn1. The molecule has 0 N–H and O–H groups in total. The molecule has 9 heteroatoms. The van der Waals surface area contributed by atoms with E-state index in [2.05, 4.69) is 44.3 Å². The average molecular weight is 441 g/mol. The number of pyridine rings is 2. The van der Waals surface area contributed by atoms with Gasteiger partial charge in [0.05, 0.1) is 42.7 Å². The maximum absolute atomic E-state index is 9.63. The zero-order chi connectivity index (χ0) is 22.4. The van der Waals surface area contributed by atoms with Crippen LogP contribution in [0.1, 0.15) is 5.56 Å². The van der Waals surface area contributed by atoms with Crippen LogP contribution in [0.25, 0.3) is 27.8 Å². The first-order valence-electron chi connectivity index (χ1n) is 11.1. The Balaban J connectivity index is 1.32. The topological polar surface area (TPSA) is 87.5 Å². The summed E-state index contributed by atoms with van der Waals surface area (Å²) in [5.41, 5.74) is 5.20. The van der Waals surface area contributed by atoms with E-state index in [1.807, 2.05) is 31.8 Å². The minimum atomic E-state index is 0.544. The molecule has 0 saturated carbocycles. The fourth-order valence-electron chi connectivity index (χ4n) is 4.63. The first-order chi connectivity index (χ1) is 16.2. The highest BCUT2D eigenvalue weighted by Gasteiger charge is 2.29. The van der Waals surface area contributed by atoms with Crippen molar-refractivity contribution in [1.82, 2.24) is 29.3 Å². The molecule has 0 aliphatic carbocycles. The van der Waals surface area contributed by atoms with Gasteiger partial charge in [0.15, 0.2) is 0 Å². The van der Waals surface area contributed by atoms with Crippen LogP contribution >= 0.6 is 0 Å². The molecule has 4 aromatic heterocycles. The zero-order valence-electron chi connectivity index (χ0n) is 18.4. The Hall–Kier alpha value is -3.74. The molecule has 2 fully saturated rings. The van der Waals surface area contributed by atoms with Gasteiger partial charge in [-0.1, -0.05) is 0 Å². The third-order valence-corrected chi connectivity index (χ3v) is 6.60. The summed E-state index contributed by atoms with van der Waals surface area (Å²) in [6.07, 6.45) is 9.25. The van der Waals surface area contributed by atoms with Crippen molar-refractivity contribution in [3.63, 3.8) is 0 Å². The lowest BCUT2D eigenvalue weighted by Gasteiger charge is -2.42. The maximum atomic E-state index is 9.63. The predicted octanol–water partition coefficient (Wildman–Crippen LogP) is 2.19. The van der Waals surface area contributed by atoms with Crippen LogP contribution in [0.5, 0.6) is 0 Å². The van der Waals surface area contributed by atoms with Gasteiger partial charge in [0.2, 0.25) is 0 Å². The van der Waals surface area contributed by atoms with Crippen molar-refractivity contribution in [3.8, 4) is 28.3 Å². The van der Waals surface area contributed by atoms with Crippen molar-refractivity contribution in [1.29, 1.82) is 5.26 Å². The molecular weight excluding hydrogens is 416 g/mol. The van der Waals surface area contributed by atoms with Crippen LogP contribution in [0.4, 0.5) is 5.82 Å². The standard InChI is InChI=1S/C24H24N8O/c1-29-13-20(12-27-29)18-8-22(24-19(9-25)11-28-32(24)14-18)17-2-3-23(26-10-17)31-6-4-30(5-7-31)21-15-33-16-21/h2-3,8,10-14,21H,4-7,15-16H2,1H3. The van der Waals surface area contributed by atoms with Crippen LogP contribution in [0, 0.1) is 11.3 Å². The second-order valence-corrected chi connectivity index (χ2v) is 8.63. The number of nitriles is 1. The van der Waals surface area contributed by atoms with Gasteiger partial charge < -0.3 is 9.64 Å². The van der Waals surface area contributed by atoms with E-state index in [0.717, 1.165) is 73.0 Å². The van der Waals surface area contributed by atoms with Gasteiger partial charge in [-0.25, -0.2) is 9.50 Å². The molecule has 0 amide bonds. The molecule has 0 radical (unpaired) electrons. The third-order valence-electron chi connectivity index (χ3n) is 6.60. The lowest BCUT2D eigenvalue weighted by atomic mass is 10.0. The minimum Gasteiger partial charge on any atom is -0.378 e. The van der Waals surface area contributed by atoms with Gasteiger partial charge in [0.1, 0.15) is 11.9 Å². The monoisotopic (exact) mass is 440 g/mol. The Morgan fingerprint density at radius 1 is 0.970 bits per heavy atom. The van der Waals surface area contributed by atoms with E-state index >= 15 is 0 Å². The molecule has 0 atom stereocenters. The van der Waals surface area contributed by atoms with Crippen LogP contribution in [0.15, 0.2) is 49.2 Å². The van der Waals surface area contributed by atoms with E-state index in [-0.39, 0.29) is 0 Å². The summed E-state index contributed by atoms with van der Waals surface area (Å²) in [7, 11) is 1.90. The predicted molar refractivity (Wildman–Crippen MR) is 124 cm³/mol. The molecule has 166 valence electrons. The highest BCUT2D eigenvalue weighted by molar-refractivity contribution is 5.87. The molecule has 2 aliphatic heterocycles. The van der Waals surface area contributed by atoms with E-state index in [9.17, 15) is 5.26 Å². The average Bonchev–Trinajstić information content (AvgIpc) is 3.44. The summed E-state index contributed by atoms with van der Waals surface area (Å²) in [6.45, 7) is 5.71. The fraction of sp³-hybridized carbons (Fsp3) is 0.333. The van der Waals surface area contributed by atoms with Gasteiger partial charge >= 0.3 is 0 Å². The highest BCUT2D eigenvalue weighted by Crippen LogP contribution is 2.32. The number of anilines is 1. The van der Waals surface area contributed by atoms with E-state index in [0.29, 0.717) is 11.6 Å². The Kier molecular flexibility index (Phi) is 4.82. The van der Waals surface area contributed by atoms with Gasteiger partial charge in [-0.05, 0) is 18.2 Å². The van der Waals surface area contributed by atoms with Crippen molar-refractivity contribution in [2.24, 2.45) is 7.05 Å². The van der Waals surface area contributed by atoms with E-state index < -0.39 is 0 Å². The van der Waals surface area contributed by atoms with Crippen LogP contribution in [0.3, 0.4) is 0 Å². The number of piperazine rings is 1. The van der Waals surface area contributed by atoms with Crippen LogP contribution < -0.4 is 4.90 Å². The zero-order valence-corrected chi connectivity index (χ0v) is 18.4. The van der Waals surface area contributed by atoms with E-state index in [4.69, 9.17) is 9.72 Å². The number of ether oxygens (including phenoxy) is 1. The lowest BCUT2D eigenvalue weighted by Crippen LogP contribution is -2.56. The normalized spacial score (nSPS) is 17.3. The van der Waals surface area contributed by atoms with Crippen molar-refractivity contribution in [2.75, 3.05) is 44.3 Å². The Morgan fingerprint density at radius 3 is 2.45 bits per heavy atom. The molecule has 0 spiro atoms. The molecule has 2 aliphatic rings. The number of fused-ring (bicyclic) bond motifs is 1. The number of aromatic nitrogens is 5. The Labute approximate surface area is 191 Å². The van der Waals surface area contributed by atoms with Gasteiger partial charge in [-0.2, -0.15) is 15.5 Å². The van der Waals surface area contributed by atoms with Crippen LogP contribution in [-0.2, 0) is 11.8 Å². The Bertz CT molecular complexity index is 1340. The Morgan fingerprint density at radius 2 is 1.82 bits per heavy atom. The lowest BCUT2D eigenvalue weighted by molar-refractivity contribution is -0.0660. The van der Waals surface area contributed by atoms with E-state index in [1.54, 1.807) is 15.4 Å².